The number of nitrogens with zero attached hydrogens (tertiary/aromatic N) is 4. The highest BCUT2D eigenvalue weighted by Crippen LogP contribution is 2.43. The molecule has 15 heteroatoms. The summed E-state index contributed by atoms with van der Waals surface area (Å²) < 4.78 is 49.9. The number of aromatic nitrogens is 2. The van der Waals surface area contributed by atoms with E-state index >= 15 is 4.39 Å². The number of hydrogen-bond acceptors (Lipinski definition) is 8. The molecule has 0 unspecified atom stereocenters. The molecule has 1 aliphatic heterocycles. The first-order valence-corrected chi connectivity index (χ1v) is 17.2. The van der Waals surface area contributed by atoms with E-state index in [9.17, 15) is 28.0 Å². The molecule has 49 heavy (non-hydrogen) atoms. The van der Waals surface area contributed by atoms with Gasteiger partial charge in [-0.25, -0.2) is 9.02 Å². The van der Waals surface area contributed by atoms with E-state index in [0.29, 0.717) is 57.1 Å². The Balaban J connectivity index is 1.34. The lowest BCUT2D eigenvalue weighted by atomic mass is 9.79. The van der Waals surface area contributed by atoms with Crippen molar-refractivity contribution in [3.8, 4) is 0 Å². The number of alkyl halides is 2. The second kappa shape index (κ2) is 15.3. The molecule has 2 aromatic rings. The van der Waals surface area contributed by atoms with Crippen LogP contribution in [0, 0.1) is 23.6 Å². The average molecular weight is 690 g/mol. The fourth-order valence-corrected chi connectivity index (χ4v) is 6.65. The Kier molecular flexibility index (Phi) is 11.3. The van der Waals surface area contributed by atoms with Gasteiger partial charge in [0.1, 0.15) is 23.6 Å². The summed E-state index contributed by atoms with van der Waals surface area (Å²) >= 11 is 0. The van der Waals surface area contributed by atoms with Crippen molar-refractivity contribution in [3.05, 3.63) is 41.0 Å². The molecular weight excluding hydrogens is 643 g/mol. The highest BCUT2D eigenvalue weighted by Gasteiger charge is 2.54. The van der Waals surface area contributed by atoms with Crippen LogP contribution in [0.2, 0.25) is 0 Å². The summed E-state index contributed by atoms with van der Waals surface area (Å²) in [7, 11) is 1.91. The molecule has 4 amide bonds. The molecule has 268 valence electrons. The van der Waals surface area contributed by atoms with E-state index in [4.69, 9.17) is 4.63 Å². The number of nitrogens with one attached hydrogen (secondary N) is 3. The second-order valence-corrected chi connectivity index (χ2v) is 13.9. The van der Waals surface area contributed by atoms with Crippen LogP contribution in [0.4, 0.5) is 18.9 Å². The van der Waals surface area contributed by atoms with E-state index in [1.165, 1.54) is 17.0 Å². The third kappa shape index (κ3) is 8.42. The number of carbonyl (C=O) groups is 4. The zero-order chi connectivity index (χ0) is 35.5. The third-order valence-electron chi connectivity index (χ3n) is 10.2. The number of amides is 4. The lowest BCUT2D eigenvalue weighted by Gasteiger charge is -2.36. The zero-order valence-electron chi connectivity index (χ0n) is 28.4. The maximum absolute atomic E-state index is 15.7. The van der Waals surface area contributed by atoms with Gasteiger partial charge in [0, 0.05) is 38.0 Å². The topological polar surface area (TPSA) is 150 Å². The molecule has 0 bridgehead atoms. The number of likely N-dealkylation sites (N-methyl/N-ethyl adjacent to an activating group) is 1. The molecule has 3 N–H and O–H groups in total. The van der Waals surface area contributed by atoms with Crippen molar-refractivity contribution in [2.24, 2.45) is 17.8 Å². The van der Waals surface area contributed by atoms with Crippen molar-refractivity contribution in [3.63, 3.8) is 0 Å². The van der Waals surface area contributed by atoms with Crippen LogP contribution in [-0.4, -0.2) is 95.0 Å². The Labute approximate surface area is 283 Å². The Morgan fingerprint density at radius 2 is 1.67 bits per heavy atom. The van der Waals surface area contributed by atoms with E-state index in [-0.39, 0.29) is 35.7 Å². The van der Waals surface area contributed by atoms with Crippen molar-refractivity contribution < 1.29 is 37.0 Å². The van der Waals surface area contributed by atoms with Crippen LogP contribution in [0.25, 0.3) is 0 Å². The van der Waals surface area contributed by atoms with Crippen LogP contribution in [0.1, 0.15) is 87.0 Å². The van der Waals surface area contributed by atoms with Crippen molar-refractivity contribution in [1.29, 1.82) is 0 Å². The maximum Gasteiger partial charge on any atom is 0.327 e. The quantitative estimate of drug-likeness (QED) is 0.305. The predicted octanol–water partition coefficient (Wildman–Crippen LogP) is 3.74. The molecule has 0 spiro atoms. The van der Waals surface area contributed by atoms with Crippen molar-refractivity contribution in [1.82, 2.24) is 30.7 Å². The van der Waals surface area contributed by atoms with Gasteiger partial charge < -0.3 is 25.8 Å². The van der Waals surface area contributed by atoms with Crippen LogP contribution < -0.4 is 16.0 Å². The van der Waals surface area contributed by atoms with Gasteiger partial charge in [0.2, 0.25) is 11.8 Å². The predicted molar refractivity (Wildman–Crippen MR) is 173 cm³/mol. The SMILES string of the molecule is CCc1nonc1C(=O)N[C@H](C(=O)Nc1ccc([C@H](C)[C@@H](NC(=O)C(F)(F)C2CC2)C(=O)N2CCN(C)CC2)cc1F)C1CCC(C)CC1. The highest BCUT2D eigenvalue weighted by atomic mass is 19.3. The fraction of sp³-hybridized carbons (Fsp3) is 0.647. The average Bonchev–Trinajstić information content (AvgIpc) is 3.84. The van der Waals surface area contributed by atoms with Gasteiger partial charge in [-0.15, -0.1) is 0 Å². The van der Waals surface area contributed by atoms with E-state index in [2.05, 4.69) is 33.2 Å². The minimum absolute atomic E-state index is 0.0170. The van der Waals surface area contributed by atoms with Crippen molar-refractivity contribution in [2.75, 3.05) is 38.5 Å². The summed E-state index contributed by atoms with van der Waals surface area (Å²) in [4.78, 5) is 56.8. The Morgan fingerprint density at radius 3 is 2.29 bits per heavy atom. The van der Waals surface area contributed by atoms with Crippen molar-refractivity contribution >= 4 is 29.3 Å². The third-order valence-corrected chi connectivity index (χ3v) is 10.2. The molecule has 2 aliphatic carbocycles. The summed E-state index contributed by atoms with van der Waals surface area (Å²) in [5.74, 6) is -9.38. The van der Waals surface area contributed by atoms with Gasteiger partial charge >= 0.3 is 5.92 Å². The van der Waals surface area contributed by atoms with Crippen LogP contribution in [0.5, 0.6) is 0 Å². The van der Waals surface area contributed by atoms with Crippen LogP contribution >= 0.6 is 0 Å². The Bertz CT molecular complexity index is 1520. The number of aryl methyl sites for hydroxylation is 1. The molecule has 12 nitrogen and oxygen atoms in total. The Morgan fingerprint density at radius 1 is 1.00 bits per heavy atom. The standard InChI is InChI=1S/C34H46F3N7O5/c1-5-25-29(42-49-41-25)31(46)39-28(21-8-6-19(2)7-9-21)30(45)38-26-13-10-22(18-24(26)35)20(3)27(32(47)44-16-14-43(4)15-17-44)40-33(48)34(36,37)23-11-12-23/h10,13,18-21,23,27-28H,5-9,11-12,14-17H2,1-4H3,(H,38,45)(H,39,46)(H,40,48)/t19?,20-,21?,27+,28-/m0/s1. The Hall–Kier alpha value is -4.01. The first-order chi connectivity index (χ1) is 23.3. The minimum atomic E-state index is -3.62. The summed E-state index contributed by atoms with van der Waals surface area (Å²) in [5, 5.41) is 15.1. The number of anilines is 1. The van der Waals surface area contributed by atoms with Gasteiger partial charge in [-0.2, -0.15) is 8.78 Å². The summed E-state index contributed by atoms with van der Waals surface area (Å²) in [6.07, 6.45) is 3.96. The summed E-state index contributed by atoms with van der Waals surface area (Å²) in [6, 6.07) is 1.58. The molecular formula is C34H46F3N7O5. The molecule has 3 atom stereocenters. The number of rotatable bonds is 12. The summed E-state index contributed by atoms with van der Waals surface area (Å²) in [6.45, 7) is 7.37. The number of halogens is 3. The van der Waals surface area contributed by atoms with Gasteiger partial charge in [0.05, 0.1) is 5.69 Å². The molecule has 0 radical (unpaired) electrons. The molecule has 3 fully saturated rings. The molecule has 1 aromatic carbocycles. The van der Waals surface area contributed by atoms with Gasteiger partial charge in [-0.3, -0.25) is 19.2 Å². The van der Waals surface area contributed by atoms with Crippen molar-refractivity contribution in [2.45, 2.75) is 89.6 Å². The molecule has 3 aliphatic rings. The van der Waals surface area contributed by atoms with Crippen LogP contribution in [0.3, 0.4) is 0 Å². The molecule has 1 aromatic heterocycles. The molecule has 5 rings (SSSR count). The second-order valence-electron chi connectivity index (χ2n) is 13.9. The first-order valence-electron chi connectivity index (χ1n) is 17.2. The minimum Gasteiger partial charge on any atom is -0.338 e. The summed E-state index contributed by atoms with van der Waals surface area (Å²) in [5.41, 5.74) is 0.445. The smallest absolute Gasteiger partial charge is 0.327 e. The molecule has 2 saturated carbocycles. The first kappa shape index (κ1) is 36.3. The van der Waals surface area contributed by atoms with Gasteiger partial charge in [-0.1, -0.05) is 44.8 Å². The van der Waals surface area contributed by atoms with Gasteiger partial charge in [-0.05, 0) is 73.8 Å². The number of benzene rings is 1. The highest BCUT2D eigenvalue weighted by molar-refractivity contribution is 6.01. The van der Waals surface area contributed by atoms with E-state index in [1.807, 2.05) is 11.9 Å². The fourth-order valence-electron chi connectivity index (χ4n) is 6.65. The normalized spacial score (nSPS) is 22.1. The molecule has 1 saturated heterocycles. The van der Waals surface area contributed by atoms with Crippen LogP contribution in [-0.2, 0) is 20.8 Å². The van der Waals surface area contributed by atoms with E-state index in [0.717, 1.165) is 18.9 Å². The van der Waals surface area contributed by atoms with E-state index < -0.39 is 59.3 Å². The largest absolute Gasteiger partial charge is 0.338 e. The monoisotopic (exact) mass is 689 g/mol. The van der Waals surface area contributed by atoms with Gasteiger partial charge in [0.15, 0.2) is 5.69 Å². The maximum atomic E-state index is 15.7. The van der Waals surface area contributed by atoms with Crippen LogP contribution in [0.15, 0.2) is 22.8 Å². The lowest BCUT2D eigenvalue weighted by molar-refractivity contribution is -0.152. The number of piperazine rings is 1. The number of carbonyl (C=O) groups excluding carboxylic acids is 4. The van der Waals surface area contributed by atoms with Gasteiger partial charge in [0.25, 0.3) is 11.8 Å². The van der Waals surface area contributed by atoms with E-state index in [1.54, 1.807) is 13.8 Å². The lowest BCUT2D eigenvalue weighted by Crippen LogP contribution is -2.58. The zero-order valence-corrected chi connectivity index (χ0v) is 28.4. The number of hydrogen-bond donors (Lipinski definition) is 3. The molecule has 2 heterocycles.